The molecular formula is C19H31N3O3. The van der Waals surface area contributed by atoms with Crippen molar-refractivity contribution in [1.29, 1.82) is 0 Å². The zero-order valence-corrected chi connectivity index (χ0v) is 15.8. The van der Waals surface area contributed by atoms with Gasteiger partial charge in [0.25, 0.3) is 5.91 Å². The zero-order chi connectivity index (χ0) is 18.4. The van der Waals surface area contributed by atoms with Gasteiger partial charge in [0.05, 0.1) is 17.7 Å². The van der Waals surface area contributed by atoms with E-state index in [0.717, 1.165) is 19.4 Å². The molecule has 0 saturated carbocycles. The third-order valence-electron chi connectivity index (χ3n) is 4.84. The van der Waals surface area contributed by atoms with Crippen molar-refractivity contribution in [2.75, 3.05) is 26.2 Å². The second kappa shape index (κ2) is 9.04. The van der Waals surface area contributed by atoms with Gasteiger partial charge in [0.15, 0.2) is 0 Å². The Bertz CT molecular complexity index is 546. The molecule has 1 unspecified atom stereocenters. The summed E-state index contributed by atoms with van der Waals surface area (Å²) < 4.78 is 4.98. The van der Waals surface area contributed by atoms with Crippen molar-refractivity contribution in [2.24, 2.45) is 5.92 Å². The number of piperidine rings is 1. The molecule has 6 heteroatoms. The molecule has 2 amide bonds. The van der Waals surface area contributed by atoms with Crippen LogP contribution in [-0.4, -0.2) is 59.9 Å². The molecule has 1 fully saturated rings. The number of rotatable bonds is 7. The van der Waals surface area contributed by atoms with Crippen molar-refractivity contribution < 1.29 is 14.0 Å². The SMILES string of the molecule is CC(C)N(CCNC(=O)C1CCCN(C(=O)c2ccoc2)C1)C(C)C. The minimum Gasteiger partial charge on any atom is -0.472 e. The summed E-state index contributed by atoms with van der Waals surface area (Å²) in [4.78, 5) is 29.0. The number of furan rings is 1. The molecule has 6 nitrogen and oxygen atoms in total. The third kappa shape index (κ3) is 5.33. The van der Waals surface area contributed by atoms with E-state index in [0.29, 0.717) is 37.3 Å². The molecule has 0 spiro atoms. The molecule has 1 atom stereocenters. The van der Waals surface area contributed by atoms with Crippen LogP contribution in [0.2, 0.25) is 0 Å². The van der Waals surface area contributed by atoms with Gasteiger partial charge in [-0.15, -0.1) is 0 Å². The fourth-order valence-corrected chi connectivity index (χ4v) is 3.51. The Hall–Kier alpha value is -1.82. The molecule has 0 aromatic carbocycles. The van der Waals surface area contributed by atoms with Crippen LogP contribution < -0.4 is 5.32 Å². The minimum atomic E-state index is -0.129. The number of carbonyl (C=O) groups is 2. The van der Waals surface area contributed by atoms with E-state index in [1.54, 1.807) is 11.0 Å². The Labute approximate surface area is 150 Å². The molecule has 25 heavy (non-hydrogen) atoms. The topological polar surface area (TPSA) is 65.8 Å². The van der Waals surface area contributed by atoms with Gasteiger partial charge >= 0.3 is 0 Å². The largest absolute Gasteiger partial charge is 0.472 e. The molecule has 2 rings (SSSR count). The van der Waals surface area contributed by atoms with Gasteiger partial charge in [0, 0.05) is 38.3 Å². The summed E-state index contributed by atoms with van der Waals surface area (Å²) in [5.41, 5.74) is 0.547. The van der Waals surface area contributed by atoms with E-state index in [9.17, 15) is 9.59 Å². The van der Waals surface area contributed by atoms with Crippen LogP contribution in [-0.2, 0) is 4.79 Å². The molecule has 140 valence electrons. The normalized spacial score (nSPS) is 18.2. The number of carbonyl (C=O) groups excluding carboxylic acids is 2. The predicted molar refractivity (Wildman–Crippen MR) is 97.3 cm³/mol. The van der Waals surface area contributed by atoms with E-state index < -0.39 is 0 Å². The van der Waals surface area contributed by atoms with Crippen molar-refractivity contribution in [3.8, 4) is 0 Å². The summed E-state index contributed by atoms with van der Waals surface area (Å²) in [6.07, 6.45) is 4.64. The highest BCUT2D eigenvalue weighted by atomic mass is 16.3. The monoisotopic (exact) mass is 349 g/mol. The maximum absolute atomic E-state index is 12.5. The van der Waals surface area contributed by atoms with Crippen molar-refractivity contribution >= 4 is 11.8 Å². The van der Waals surface area contributed by atoms with Crippen LogP contribution in [0.15, 0.2) is 23.0 Å². The Morgan fingerprint density at radius 3 is 2.64 bits per heavy atom. The van der Waals surface area contributed by atoms with Gasteiger partial charge in [0.1, 0.15) is 6.26 Å². The van der Waals surface area contributed by atoms with Gasteiger partial charge in [-0.05, 0) is 46.6 Å². The summed E-state index contributed by atoms with van der Waals surface area (Å²) in [5.74, 6) is -0.134. The molecule has 1 aromatic rings. The Kier molecular flexibility index (Phi) is 7.05. The van der Waals surface area contributed by atoms with Crippen molar-refractivity contribution in [2.45, 2.75) is 52.6 Å². The molecule has 1 aliphatic heterocycles. The molecule has 1 saturated heterocycles. The average Bonchev–Trinajstić information content (AvgIpc) is 3.11. The number of hydrogen-bond acceptors (Lipinski definition) is 4. The van der Waals surface area contributed by atoms with E-state index in [1.807, 2.05) is 0 Å². The lowest BCUT2D eigenvalue weighted by Crippen LogP contribution is -2.47. The van der Waals surface area contributed by atoms with E-state index in [1.165, 1.54) is 12.5 Å². The van der Waals surface area contributed by atoms with Crippen LogP contribution >= 0.6 is 0 Å². The van der Waals surface area contributed by atoms with Crippen molar-refractivity contribution in [1.82, 2.24) is 15.1 Å². The second-order valence-electron chi connectivity index (χ2n) is 7.32. The molecule has 0 radical (unpaired) electrons. The summed E-state index contributed by atoms with van der Waals surface area (Å²) in [5, 5.41) is 3.05. The first kappa shape index (κ1) is 19.5. The zero-order valence-electron chi connectivity index (χ0n) is 15.8. The first-order valence-corrected chi connectivity index (χ1v) is 9.25. The summed E-state index contributed by atoms with van der Waals surface area (Å²) >= 11 is 0. The minimum absolute atomic E-state index is 0.0529. The summed E-state index contributed by atoms with van der Waals surface area (Å²) in [6, 6.07) is 2.57. The fourth-order valence-electron chi connectivity index (χ4n) is 3.51. The Morgan fingerprint density at radius 2 is 2.04 bits per heavy atom. The van der Waals surface area contributed by atoms with Crippen LogP contribution in [0.5, 0.6) is 0 Å². The number of hydrogen-bond donors (Lipinski definition) is 1. The standard InChI is InChI=1S/C19H31N3O3/c1-14(2)22(15(3)4)10-8-20-18(23)16-6-5-9-21(12-16)19(24)17-7-11-25-13-17/h7,11,13-16H,5-6,8-10,12H2,1-4H3,(H,20,23). The van der Waals surface area contributed by atoms with Crippen LogP contribution in [0, 0.1) is 5.92 Å². The maximum Gasteiger partial charge on any atom is 0.257 e. The second-order valence-corrected chi connectivity index (χ2v) is 7.32. The van der Waals surface area contributed by atoms with Gasteiger partial charge in [0.2, 0.25) is 5.91 Å². The summed E-state index contributed by atoms with van der Waals surface area (Å²) in [7, 11) is 0. The number of likely N-dealkylation sites (tertiary alicyclic amines) is 1. The lowest BCUT2D eigenvalue weighted by Gasteiger charge is -2.33. The fraction of sp³-hybridized carbons (Fsp3) is 0.684. The van der Waals surface area contributed by atoms with Gasteiger partial charge in [-0.1, -0.05) is 0 Å². The number of amides is 2. The summed E-state index contributed by atoms with van der Waals surface area (Å²) in [6.45, 7) is 11.3. The lowest BCUT2D eigenvalue weighted by molar-refractivity contribution is -0.126. The first-order chi connectivity index (χ1) is 11.9. The quantitative estimate of drug-likeness (QED) is 0.821. The number of nitrogens with one attached hydrogen (secondary N) is 1. The molecule has 1 aromatic heterocycles. The lowest BCUT2D eigenvalue weighted by atomic mass is 9.96. The molecule has 0 aliphatic carbocycles. The van der Waals surface area contributed by atoms with Crippen molar-refractivity contribution in [3.63, 3.8) is 0 Å². The number of nitrogens with zero attached hydrogens (tertiary/aromatic N) is 2. The average molecular weight is 349 g/mol. The van der Waals surface area contributed by atoms with Gasteiger partial charge < -0.3 is 14.6 Å². The van der Waals surface area contributed by atoms with E-state index in [2.05, 4.69) is 37.9 Å². The first-order valence-electron chi connectivity index (χ1n) is 9.25. The van der Waals surface area contributed by atoms with Crippen molar-refractivity contribution in [3.05, 3.63) is 24.2 Å². The molecule has 0 bridgehead atoms. The highest BCUT2D eigenvalue weighted by Crippen LogP contribution is 2.19. The molecule has 1 N–H and O–H groups in total. The van der Waals surface area contributed by atoms with Crippen LogP contribution in [0.4, 0.5) is 0 Å². The highest BCUT2D eigenvalue weighted by molar-refractivity contribution is 5.94. The maximum atomic E-state index is 12.5. The van der Waals surface area contributed by atoms with E-state index in [4.69, 9.17) is 4.42 Å². The molecular weight excluding hydrogens is 318 g/mol. The van der Waals surface area contributed by atoms with E-state index in [-0.39, 0.29) is 17.7 Å². The third-order valence-corrected chi connectivity index (χ3v) is 4.84. The molecule has 1 aliphatic rings. The smallest absolute Gasteiger partial charge is 0.257 e. The van der Waals surface area contributed by atoms with Crippen LogP contribution in [0.1, 0.15) is 50.9 Å². The van der Waals surface area contributed by atoms with E-state index >= 15 is 0 Å². The van der Waals surface area contributed by atoms with Gasteiger partial charge in [-0.3, -0.25) is 14.5 Å². The van der Waals surface area contributed by atoms with Crippen LogP contribution in [0.25, 0.3) is 0 Å². The van der Waals surface area contributed by atoms with Gasteiger partial charge in [-0.2, -0.15) is 0 Å². The highest BCUT2D eigenvalue weighted by Gasteiger charge is 2.29. The molecule has 2 heterocycles. The predicted octanol–water partition coefficient (Wildman–Crippen LogP) is 2.37. The Morgan fingerprint density at radius 1 is 1.32 bits per heavy atom. The Balaban J connectivity index is 1.82. The van der Waals surface area contributed by atoms with Gasteiger partial charge in [-0.25, -0.2) is 0 Å². The van der Waals surface area contributed by atoms with Crippen LogP contribution in [0.3, 0.4) is 0 Å².